The molecule has 0 fully saturated rings. The molecule has 0 atom stereocenters. The molecule has 50 heavy (non-hydrogen) atoms. The second-order valence-electron chi connectivity index (χ2n) is 14.0. The molecule has 2 nitrogen and oxygen atoms in total. The van der Waals surface area contributed by atoms with E-state index in [4.69, 9.17) is 4.98 Å². The Labute approximate surface area is 313 Å². The fraction of sp³-hybridized carbons (Fsp3) is 0.130. The third kappa shape index (κ3) is 6.86. The molecule has 0 amide bonds. The molecule has 0 radical (unpaired) electrons. The van der Waals surface area contributed by atoms with Gasteiger partial charge in [-0.05, 0) is 62.7 Å². The molecule has 8 rings (SSSR count). The van der Waals surface area contributed by atoms with E-state index in [0.717, 1.165) is 62.1 Å². The number of fused-ring (bicyclic) bond motifs is 3. The predicted octanol–water partition coefficient (Wildman–Crippen LogP) is 12.7. The van der Waals surface area contributed by atoms with Crippen molar-refractivity contribution in [1.29, 1.82) is 0 Å². The SMILES string of the molecule is Cc1cc2c(s1)c(-c1cc(-c3ccc(CC(C)(C)C)cc3)ccn1)[c-]c1c(-c3[c-]c(-c4ccccn4)cc(-c4ccccc4)c3)cccc12.[Pt+2]. The normalized spacial score (nSPS) is 11.5. The van der Waals surface area contributed by atoms with Crippen molar-refractivity contribution in [2.75, 3.05) is 0 Å². The van der Waals surface area contributed by atoms with Gasteiger partial charge in [-0.25, -0.2) is 0 Å². The molecule has 5 aromatic carbocycles. The van der Waals surface area contributed by atoms with Gasteiger partial charge >= 0.3 is 21.1 Å². The van der Waals surface area contributed by atoms with Gasteiger partial charge in [0, 0.05) is 23.8 Å². The number of hydrogen-bond donors (Lipinski definition) is 0. The van der Waals surface area contributed by atoms with E-state index >= 15 is 0 Å². The van der Waals surface area contributed by atoms with E-state index in [9.17, 15) is 0 Å². The summed E-state index contributed by atoms with van der Waals surface area (Å²) in [5.74, 6) is 0. The molecule has 3 heterocycles. The van der Waals surface area contributed by atoms with Crippen molar-refractivity contribution in [3.05, 3.63) is 156 Å². The first-order valence-corrected chi connectivity index (χ1v) is 17.6. The van der Waals surface area contributed by atoms with Crippen molar-refractivity contribution in [3.63, 3.8) is 0 Å². The van der Waals surface area contributed by atoms with Gasteiger partial charge in [-0.3, -0.25) is 9.97 Å². The Kier molecular flexibility index (Phi) is 9.40. The van der Waals surface area contributed by atoms with Crippen LogP contribution in [0, 0.1) is 24.5 Å². The van der Waals surface area contributed by atoms with Gasteiger partial charge in [-0.15, -0.1) is 35.2 Å². The van der Waals surface area contributed by atoms with Crippen LogP contribution >= 0.6 is 11.3 Å². The van der Waals surface area contributed by atoms with Crippen LogP contribution in [-0.4, -0.2) is 9.97 Å². The van der Waals surface area contributed by atoms with Gasteiger partial charge in [-0.1, -0.05) is 151 Å². The molecule has 0 N–H and O–H groups in total. The van der Waals surface area contributed by atoms with Gasteiger partial charge in [0.15, 0.2) is 0 Å². The van der Waals surface area contributed by atoms with E-state index in [1.807, 2.05) is 41.9 Å². The smallest absolute Gasteiger partial charge is 0.295 e. The summed E-state index contributed by atoms with van der Waals surface area (Å²) >= 11 is 1.81. The molecule has 4 heteroatoms. The maximum Gasteiger partial charge on any atom is 2.00 e. The second-order valence-corrected chi connectivity index (χ2v) is 15.2. The first-order valence-electron chi connectivity index (χ1n) is 16.8. The van der Waals surface area contributed by atoms with Crippen molar-refractivity contribution < 1.29 is 21.1 Å². The zero-order valence-corrected chi connectivity index (χ0v) is 31.6. The summed E-state index contributed by atoms with van der Waals surface area (Å²) in [7, 11) is 0. The van der Waals surface area contributed by atoms with Crippen molar-refractivity contribution in [1.82, 2.24) is 9.97 Å². The Morgan fingerprint density at radius 1 is 0.600 bits per heavy atom. The zero-order valence-electron chi connectivity index (χ0n) is 28.5. The van der Waals surface area contributed by atoms with Crippen molar-refractivity contribution >= 4 is 32.2 Å². The Bertz CT molecular complexity index is 2380. The summed E-state index contributed by atoms with van der Waals surface area (Å²) in [6, 6.07) is 50.8. The Morgan fingerprint density at radius 2 is 1.34 bits per heavy atom. The van der Waals surface area contributed by atoms with Crippen LogP contribution in [-0.2, 0) is 27.5 Å². The molecular weight excluding hydrogens is 808 g/mol. The van der Waals surface area contributed by atoms with Gasteiger partial charge in [-0.2, -0.15) is 11.3 Å². The molecule has 0 unspecified atom stereocenters. The monoisotopic (exact) mass is 843 g/mol. The van der Waals surface area contributed by atoms with Crippen LogP contribution in [0.1, 0.15) is 31.2 Å². The van der Waals surface area contributed by atoms with Crippen LogP contribution < -0.4 is 0 Å². The van der Waals surface area contributed by atoms with E-state index in [2.05, 4.69) is 148 Å². The third-order valence-corrected chi connectivity index (χ3v) is 10.00. The van der Waals surface area contributed by atoms with Gasteiger partial charge in [0.2, 0.25) is 0 Å². The third-order valence-electron chi connectivity index (χ3n) is 8.93. The molecule has 0 saturated heterocycles. The summed E-state index contributed by atoms with van der Waals surface area (Å²) in [5.41, 5.74) is 12.2. The minimum Gasteiger partial charge on any atom is -0.295 e. The van der Waals surface area contributed by atoms with Crippen LogP contribution in [0.15, 0.2) is 134 Å². The quantitative estimate of drug-likeness (QED) is 0.156. The number of pyridine rings is 2. The van der Waals surface area contributed by atoms with E-state index in [0.29, 0.717) is 0 Å². The molecule has 246 valence electrons. The Balaban J connectivity index is 0.00000392. The maximum absolute atomic E-state index is 4.94. The Hall–Kier alpha value is -4.69. The van der Waals surface area contributed by atoms with Crippen LogP contribution in [0.4, 0.5) is 0 Å². The zero-order chi connectivity index (χ0) is 33.5. The molecule has 0 aliphatic heterocycles. The van der Waals surface area contributed by atoms with E-state index < -0.39 is 0 Å². The van der Waals surface area contributed by atoms with Gasteiger partial charge < -0.3 is 0 Å². The number of hydrogen-bond acceptors (Lipinski definition) is 3. The van der Waals surface area contributed by atoms with Crippen molar-refractivity contribution in [2.45, 2.75) is 34.1 Å². The molecule has 0 saturated carbocycles. The first kappa shape index (κ1) is 33.8. The largest absolute Gasteiger partial charge is 2.00 e. The molecule has 0 aliphatic rings. The minimum absolute atomic E-state index is 0. The van der Waals surface area contributed by atoms with Crippen LogP contribution in [0.2, 0.25) is 0 Å². The average molecular weight is 844 g/mol. The summed E-state index contributed by atoms with van der Waals surface area (Å²) in [4.78, 5) is 10.9. The van der Waals surface area contributed by atoms with E-state index in [1.165, 1.54) is 31.5 Å². The number of benzene rings is 5. The Morgan fingerprint density at radius 3 is 2.10 bits per heavy atom. The number of nitrogens with zero attached hydrogens (tertiary/aromatic N) is 2. The average Bonchev–Trinajstić information content (AvgIpc) is 3.53. The second kappa shape index (κ2) is 13.9. The van der Waals surface area contributed by atoms with Crippen molar-refractivity contribution in [2.24, 2.45) is 5.41 Å². The molecule has 3 aromatic heterocycles. The summed E-state index contributed by atoms with van der Waals surface area (Å²) in [6.45, 7) is 9.04. The fourth-order valence-electron chi connectivity index (χ4n) is 6.74. The summed E-state index contributed by atoms with van der Waals surface area (Å²) < 4.78 is 1.21. The topological polar surface area (TPSA) is 25.8 Å². The van der Waals surface area contributed by atoms with Crippen LogP contribution in [0.3, 0.4) is 0 Å². The van der Waals surface area contributed by atoms with E-state index in [-0.39, 0.29) is 26.5 Å². The molecular formula is C46H36N2PtS. The van der Waals surface area contributed by atoms with E-state index in [1.54, 1.807) is 0 Å². The van der Waals surface area contributed by atoms with Crippen LogP contribution in [0.25, 0.3) is 76.8 Å². The van der Waals surface area contributed by atoms with Gasteiger partial charge in [0.1, 0.15) is 0 Å². The van der Waals surface area contributed by atoms with Crippen LogP contribution in [0.5, 0.6) is 0 Å². The molecule has 8 aromatic rings. The van der Waals surface area contributed by atoms with Crippen molar-refractivity contribution in [3.8, 4) is 55.9 Å². The maximum atomic E-state index is 4.94. The summed E-state index contributed by atoms with van der Waals surface area (Å²) in [6.07, 6.45) is 4.82. The molecule has 0 aliphatic carbocycles. The fourth-order valence-corrected chi connectivity index (χ4v) is 7.78. The summed E-state index contributed by atoms with van der Waals surface area (Å²) in [5, 5.41) is 3.48. The number of aromatic nitrogens is 2. The van der Waals surface area contributed by atoms with Gasteiger partial charge in [0.25, 0.3) is 0 Å². The predicted molar refractivity (Wildman–Crippen MR) is 208 cm³/mol. The standard InChI is InChI=1S/C46H36N2S.Pt/c1-30-23-41-39-14-10-13-38(36-24-35(32-11-6-5-7-12-32)25-37(26-36)43-15-8-9-21-47-43)40(39)28-42(45(41)49-30)44-27-34(20-22-48-44)33-18-16-31(17-19-33)29-46(2,3)4;/h5-25,27H,29H2,1-4H3;/q-2;+2. The number of rotatable bonds is 6. The minimum atomic E-state index is 0. The molecule has 0 spiro atoms. The first-order chi connectivity index (χ1) is 23.8. The molecule has 0 bridgehead atoms. The number of aryl methyl sites for hydroxylation is 1. The van der Waals surface area contributed by atoms with Gasteiger partial charge in [0.05, 0.1) is 0 Å². The number of thiophene rings is 1.